The SMILES string of the molecule is Cc1c(C(=O)c2ccccc2)oc2cc(O)c(C3=Nc4ccccc4S[C@@H](c4ccc5c(c4)OCO5)C3)cc12. The van der Waals surface area contributed by atoms with Crippen molar-refractivity contribution in [3.63, 3.8) is 0 Å². The lowest BCUT2D eigenvalue weighted by atomic mass is 9.97. The Labute approximate surface area is 228 Å². The van der Waals surface area contributed by atoms with Crippen LogP contribution in [-0.4, -0.2) is 23.4 Å². The third-order valence-corrected chi connectivity index (χ3v) is 8.47. The Kier molecular flexibility index (Phi) is 5.67. The maximum atomic E-state index is 13.2. The first-order valence-corrected chi connectivity index (χ1v) is 13.5. The fourth-order valence-corrected chi connectivity index (χ4v) is 6.33. The van der Waals surface area contributed by atoms with Crippen LogP contribution < -0.4 is 9.47 Å². The van der Waals surface area contributed by atoms with E-state index in [0.717, 1.165) is 44.3 Å². The number of fused-ring (bicyclic) bond motifs is 3. The number of aromatic hydroxyl groups is 1. The Morgan fingerprint density at radius 1 is 0.949 bits per heavy atom. The zero-order valence-electron chi connectivity index (χ0n) is 21.0. The van der Waals surface area contributed by atoms with E-state index in [1.54, 1.807) is 30.0 Å². The number of para-hydroxylation sites is 1. The molecule has 0 unspecified atom stereocenters. The molecular weight excluding hydrogens is 510 g/mol. The van der Waals surface area contributed by atoms with E-state index >= 15 is 0 Å². The number of ether oxygens (including phenoxy) is 2. The first kappa shape index (κ1) is 23.6. The monoisotopic (exact) mass is 533 g/mol. The lowest BCUT2D eigenvalue weighted by Crippen LogP contribution is -2.06. The summed E-state index contributed by atoms with van der Waals surface area (Å²) in [4.78, 5) is 19.3. The van der Waals surface area contributed by atoms with E-state index in [0.29, 0.717) is 23.1 Å². The number of ketones is 1. The van der Waals surface area contributed by atoms with Crippen molar-refractivity contribution in [2.75, 3.05) is 6.79 Å². The van der Waals surface area contributed by atoms with Gasteiger partial charge in [0.05, 0.1) is 11.4 Å². The number of rotatable bonds is 4. The van der Waals surface area contributed by atoms with Gasteiger partial charge in [0.2, 0.25) is 12.6 Å². The fraction of sp³-hybridized carbons (Fsp3) is 0.125. The van der Waals surface area contributed by atoms with Gasteiger partial charge in [-0.3, -0.25) is 9.79 Å². The number of phenols is 1. The fourth-order valence-electron chi connectivity index (χ4n) is 5.10. The van der Waals surface area contributed by atoms with Crippen molar-refractivity contribution in [1.82, 2.24) is 0 Å². The molecule has 0 amide bonds. The summed E-state index contributed by atoms with van der Waals surface area (Å²) in [6.07, 6.45) is 0.574. The van der Waals surface area contributed by atoms with Gasteiger partial charge in [0.25, 0.3) is 0 Å². The molecule has 7 heteroatoms. The highest BCUT2D eigenvalue weighted by Gasteiger charge is 2.27. The number of furan rings is 1. The van der Waals surface area contributed by atoms with Crippen LogP contribution in [0.4, 0.5) is 5.69 Å². The highest BCUT2D eigenvalue weighted by Crippen LogP contribution is 2.48. The number of carbonyl (C=O) groups is 1. The van der Waals surface area contributed by atoms with Crippen LogP contribution in [0.2, 0.25) is 0 Å². The van der Waals surface area contributed by atoms with Crippen molar-refractivity contribution in [1.29, 1.82) is 0 Å². The maximum absolute atomic E-state index is 13.2. The largest absolute Gasteiger partial charge is 0.507 e. The number of phenolic OH excluding ortho intramolecular Hbond substituents is 1. The molecule has 1 atom stereocenters. The van der Waals surface area contributed by atoms with Crippen LogP contribution in [0.3, 0.4) is 0 Å². The molecular formula is C32H23NO5S. The van der Waals surface area contributed by atoms with Crippen LogP contribution in [-0.2, 0) is 0 Å². The minimum Gasteiger partial charge on any atom is -0.507 e. The van der Waals surface area contributed by atoms with Gasteiger partial charge in [-0.15, -0.1) is 11.8 Å². The molecule has 39 heavy (non-hydrogen) atoms. The van der Waals surface area contributed by atoms with Gasteiger partial charge >= 0.3 is 0 Å². The summed E-state index contributed by atoms with van der Waals surface area (Å²) in [5, 5.41) is 12.0. The molecule has 0 aliphatic carbocycles. The summed E-state index contributed by atoms with van der Waals surface area (Å²) < 4.78 is 17.1. The number of thioether (sulfide) groups is 1. The van der Waals surface area contributed by atoms with Crippen molar-refractivity contribution in [2.45, 2.75) is 23.5 Å². The number of aliphatic imine (C=N–C) groups is 1. The molecule has 0 spiro atoms. The van der Waals surface area contributed by atoms with E-state index < -0.39 is 0 Å². The van der Waals surface area contributed by atoms with Gasteiger partial charge in [-0.1, -0.05) is 48.5 Å². The number of hydrogen-bond acceptors (Lipinski definition) is 7. The van der Waals surface area contributed by atoms with E-state index in [4.69, 9.17) is 18.9 Å². The second-order valence-electron chi connectivity index (χ2n) is 9.57. The van der Waals surface area contributed by atoms with Gasteiger partial charge in [-0.25, -0.2) is 0 Å². The lowest BCUT2D eigenvalue weighted by Gasteiger charge is -2.17. The summed E-state index contributed by atoms with van der Waals surface area (Å²) in [5.74, 6) is 1.62. The van der Waals surface area contributed by atoms with Crippen molar-refractivity contribution in [2.24, 2.45) is 4.99 Å². The summed E-state index contributed by atoms with van der Waals surface area (Å²) >= 11 is 1.74. The van der Waals surface area contributed by atoms with E-state index in [-0.39, 0.29) is 29.3 Å². The first-order chi connectivity index (χ1) is 19.0. The summed E-state index contributed by atoms with van der Waals surface area (Å²) in [6.45, 7) is 2.09. The van der Waals surface area contributed by atoms with Gasteiger partial charge in [-0.05, 0) is 42.8 Å². The molecule has 1 N–H and O–H groups in total. The number of aryl methyl sites for hydroxylation is 1. The van der Waals surface area contributed by atoms with Gasteiger partial charge in [0, 0.05) is 44.7 Å². The Morgan fingerprint density at radius 2 is 1.74 bits per heavy atom. The lowest BCUT2D eigenvalue weighted by molar-refractivity contribution is 0.101. The average molecular weight is 534 g/mol. The molecule has 192 valence electrons. The molecule has 2 aliphatic heterocycles. The maximum Gasteiger partial charge on any atom is 0.231 e. The molecule has 2 aliphatic rings. The highest BCUT2D eigenvalue weighted by molar-refractivity contribution is 7.99. The van der Waals surface area contributed by atoms with Crippen molar-refractivity contribution in [3.05, 3.63) is 113 Å². The Morgan fingerprint density at radius 3 is 2.62 bits per heavy atom. The van der Waals surface area contributed by atoms with Gasteiger partial charge in [0.1, 0.15) is 11.3 Å². The van der Waals surface area contributed by atoms with Crippen molar-refractivity contribution >= 4 is 39.9 Å². The van der Waals surface area contributed by atoms with Crippen LogP contribution in [0.5, 0.6) is 17.2 Å². The van der Waals surface area contributed by atoms with E-state index in [1.165, 1.54) is 0 Å². The van der Waals surface area contributed by atoms with Crippen molar-refractivity contribution < 1.29 is 23.8 Å². The molecule has 0 fully saturated rings. The second kappa shape index (κ2) is 9.36. The standard InChI is InChI=1S/C32H23NO5S/c1-18-21-14-22(25(34)16-27(21)38-32(18)31(35)19-7-3-2-4-8-19)24-15-30(39-29-10-6-5-9-23(29)33-24)20-11-12-26-28(13-20)37-17-36-26/h2-14,16,30,34H,15,17H2,1H3/t30-/m1/s1. The Hall–Kier alpha value is -4.49. The van der Waals surface area contributed by atoms with E-state index in [9.17, 15) is 9.90 Å². The average Bonchev–Trinajstić information content (AvgIpc) is 3.50. The van der Waals surface area contributed by atoms with Crippen LogP contribution in [0, 0.1) is 6.92 Å². The smallest absolute Gasteiger partial charge is 0.231 e. The van der Waals surface area contributed by atoms with Crippen LogP contribution in [0.15, 0.2) is 99.2 Å². The molecule has 0 bridgehead atoms. The van der Waals surface area contributed by atoms with Crippen LogP contribution >= 0.6 is 11.8 Å². The van der Waals surface area contributed by atoms with Crippen LogP contribution in [0.1, 0.15) is 44.5 Å². The quantitative estimate of drug-likeness (QED) is 0.238. The minimum absolute atomic E-state index is 0.0256. The van der Waals surface area contributed by atoms with E-state index in [2.05, 4.69) is 12.1 Å². The zero-order chi connectivity index (χ0) is 26.5. The predicted octanol–water partition coefficient (Wildman–Crippen LogP) is 7.76. The molecule has 0 radical (unpaired) electrons. The normalized spacial score (nSPS) is 16.0. The Bertz CT molecular complexity index is 1790. The summed E-state index contributed by atoms with van der Waals surface area (Å²) in [5.41, 5.74) is 5.06. The molecule has 5 aromatic rings. The zero-order valence-corrected chi connectivity index (χ0v) is 21.8. The third-order valence-electron chi connectivity index (χ3n) is 7.14. The number of carbonyl (C=O) groups excluding carboxylic acids is 1. The molecule has 1 aromatic heterocycles. The summed E-state index contributed by atoms with van der Waals surface area (Å²) in [6, 6.07) is 26.6. The molecule has 0 saturated carbocycles. The topological polar surface area (TPSA) is 81.3 Å². The first-order valence-electron chi connectivity index (χ1n) is 12.6. The molecule has 0 saturated heterocycles. The van der Waals surface area contributed by atoms with Crippen LogP contribution in [0.25, 0.3) is 11.0 Å². The number of benzene rings is 4. The summed E-state index contributed by atoms with van der Waals surface area (Å²) in [7, 11) is 0. The molecule has 7 rings (SSSR count). The number of nitrogens with zero attached hydrogens (tertiary/aromatic N) is 1. The van der Waals surface area contributed by atoms with Crippen molar-refractivity contribution in [3.8, 4) is 17.2 Å². The molecule has 4 aromatic carbocycles. The molecule has 3 heterocycles. The molecule has 6 nitrogen and oxygen atoms in total. The minimum atomic E-state index is -0.189. The second-order valence-corrected chi connectivity index (χ2v) is 10.8. The van der Waals surface area contributed by atoms with Gasteiger partial charge in [0.15, 0.2) is 17.3 Å². The van der Waals surface area contributed by atoms with Gasteiger partial charge < -0.3 is 19.0 Å². The predicted molar refractivity (Wildman–Crippen MR) is 151 cm³/mol. The van der Waals surface area contributed by atoms with Gasteiger partial charge in [-0.2, -0.15) is 0 Å². The number of hydrogen-bond donors (Lipinski definition) is 1. The van der Waals surface area contributed by atoms with E-state index in [1.807, 2.05) is 61.5 Å². The highest BCUT2D eigenvalue weighted by atomic mass is 32.2. The third kappa shape index (κ3) is 4.15. The Balaban J connectivity index is 1.33.